The Balaban J connectivity index is 1.24. The van der Waals surface area contributed by atoms with Gasteiger partial charge in [-0.3, -0.25) is 0 Å². The van der Waals surface area contributed by atoms with Gasteiger partial charge in [-0.2, -0.15) is 0 Å². The smallest absolute Gasteiger partial charge is 0.187 e. The van der Waals surface area contributed by atoms with Crippen LogP contribution >= 0.6 is 0 Å². The maximum absolute atomic E-state index is 12.3. The van der Waals surface area contributed by atoms with E-state index in [1.165, 1.54) is 6.92 Å². The predicted octanol–water partition coefficient (Wildman–Crippen LogP) is 2.79. The molecule has 0 aromatic carbocycles. The van der Waals surface area contributed by atoms with Crippen molar-refractivity contribution in [3.8, 4) is 0 Å². The number of hydrogen-bond donors (Lipinski definition) is 8. The SMILES string of the molecule is CC(C)=CCC[C@](C)(O[C@@H]1O[C@H](CO[C@@H]2O[C@@H](C)[C@H](O)[C@@H](O)[C@H]2O)[C@@H](O)[C@H](O)[C@H]1O)[C@H]1CC[C@]2(C)[C@@H]1[C@H](O)C[C@@H]1[C@@H]3CC[C@@H](O)C(C)(C)[C@H]3CC[C@]12C. The molecule has 20 atom stereocenters. The van der Waals surface area contributed by atoms with Crippen molar-refractivity contribution in [2.45, 2.75) is 192 Å². The molecule has 0 aromatic rings. The molecule has 2 aliphatic heterocycles. The van der Waals surface area contributed by atoms with Crippen LogP contribution in [0.15, 0.2) is 11.6 Å². The lowest BCUT2D eigenvalue weighted by Crippen LogP contribution is -2.64. The van der Waals surface area contributed by atoms with Crippen LogP contribution in [0, 0.1) is 45.8 Å². The molecule has 6 rings (SSSR count). The summed E-state index contributed by atoms with van der Waals surface area (Å²) in [5.41, 5.74) is -0.0825. The van der Waals surface area contributed by atoms with Gasteiger partial charge in [0, 0.05) is 0 Å². The fourth-order valence-corrected chi connectivity index (χ4v) is 12.5. The van der Waals surface area contributed by atoms with Crippen LogP contribution in [0.5, 0.6) is 0 Å². The number of aliphatic hydroxyl groups excluding tert-OH is 8. The summed E-state index contributed by atoms with van der Waals surface area (Å²) in [7, 11) is 0. The number of fused-ring (bicyclic) bond motifs is 5. The zero-order valence-electron chi connectivity index (χ0n) is 33.2. The summed E-state index contributed by atoms with van der Waals surface area (Å²) in [6, 6.07) is 0. The third kappa shape index (κ3) is 7.11. The highest BCUT2D eigenvalue weighted by Crippen LogP contribution is 2.73. The number of rotatable bonds is 9. The van der Waals surface area contributed by atoms with Gasteiger partial charge in [0.1, 0.15) is 42.7 Å². The Morgan fingerprint density at radius 2 is 1.40 bits per heavy atom. The Morgan fingerprint density at radius 1 is 0.755 bits per heavy atom. The van der Waals surface area contributed by atoms with Crippen molar-refractivity contribution in [3.05, 3.63) is 11.6 Å². The van der Waals surface area contributed by atoms with E-state index in [0.29, 0.717) is 37.0 Å². The molecule has 0 radical (unpaired) electrons. The fourth-order valence-electron chi connectivity index (χ4n) is 12.5. The molecule has 6 aliphatic rings. The molecule has 0 aromatic heterocycles. The molecule has 306 valence electrons. The van der Waals surface area contributed by atoms with Gasteiger partial charge >= 0.3 is 0 Å². The normalized spacial score (nSPS) is 52.1. The summed E-state index contributed by atoms with van der Waals surface area (Å²) in [5.74, 6) is 1.04. The lowest BCUT2D eigenvalue weighted by atomic mass is 9.39. The highest BCUT2D eigenvalue weighted by Gasteiger charge is 2.69. The van der Waals surface area contributed by atoms with Gasteiger partial charge in [-0.05, 0) is 131 Å². The lowest BCUT2D eigenvalue weighted by molar-refractivity contribution is -0.348. The van der Waals surface area contributed by atoms with Gasteiger partial charge in [-0.1, -0.05) is 39.3 Å². The topological polar surface area (TPSA) is 199 Å². The van der Waals surface area contributed by atoms with Crippen LogP contribution in [0.2, 0.25) is 0 Å². The first-order valence-corrected chi connectivity index (χ1v) is 20.4. The van der Waals surface area contributed by atoms with E-state index in [1.807, 2.05) is 20.8 Å². The van der Waals surface area contributed by atoms with Gasteiger partial charge in [-0.15, -0.1) is 0 Å². The first-order chi connectivity index (χ1) is 24.7. The molecule has 2 heterocycles. The van der Waals surface area contributed by atoms with Crippen LogP contribution in [-0.2, 0) is 18.9 Å². The molecule has 0 spiro atoms. The van der Waals surface area contributed by atoms with Crippen LogP contribution in [0.4, 0.5) is 0 Å². The van der Waals surface area contributed by atoms with E-state index in [4.69, 9.17) is 18.9 Å². The summed E-state index contributed by atoms with van der Waals surface area (Å²) in [4.78, 5) is 0. The van der Waals surface area contributed by atoms with Gasteiger partial charge in [0.2, 0.25) is 0 Å². The second-order valence-corrected chi connectivity index (χ2v) is 19.4. The number of aliphatic hydroxyl groups is 8. The predicted molar refractivity (Wildman–Crippen MR) is 195 cm³/mol. The van der Waals surface area contributed by atoms with Crippen LogP contribution in [0.1, 0.15) is 113 Å². The van der Waals surface area contributed by atoms with Gasteiger partial charge in [0.05, 0.1) is 30.5 Å². The maximum Gasteiger partial charge on any atom is 0.187 e. The van der Waals surface area contributed by atoms with Crippen molar-refractivity contribution < 1.29 is 59.8 Å². The minimum atomic E-state index is -1.63. The van der Waals surface area contributed by atoms with Gasteiger partial charge in [-0.25, -0.2) is 0 Å². The summed E-state index contributed by atoms with van der Waals surface area (Å²) in [6.45, 7) is 16.6. The number of allylic oxidation sites excluding steroid dienone is 2. The Morgan fingerprint density at radius 3 is 2.08 bits per heavy atom. The Labute approximate surface area is 315 Å². The molecule has 6 fully saturated rings. The fraction of sp³-hybridized carbons (Fsp3) is 0.951. The molecule has 2 saturated heterocycles. The molecular weight excluding hydrogens is 684 g/mol. The number of ether oxygens (including phenoxy) is 4. The molecule has 0 bridgehead atoms. The van der Waals surface area contributed by atoms with Crippen molar-refractivity contribution in [2.75, 3.05) is 6.61 Å². The summed E-state index contributed by atoms with van der Waals surface area (Å²) in [5, 5.41) is 87.4. The van der Waals surface area contributed by atoms with Crippen LogP contribution < -0.4 is 0 Å². The van der Waals surface area contributed by atoms with E-state index < -0.39 is 73.1 Å². The molecule has 8 N–H and O–H groups in total. The molecule has 4 aliphatic carbocycles. The Hall–Kier alpha value is -0.740. The monoisotopic (exact) mass is 754 g/mol. The first kappa shape index (κ1) is 41.9. The van der Waals surface area contributed by atoms with Gasteiger partial charge in [0.15, 0.2) is 12.6 Å². The zero-order valence-corrected chi connectivity index (χ0v) is 33.2. The average Bonchev–Trinajstić information content (AvgIpc) is 3.48. The van der Waals surface area contributed by atoms with E-state index in [2.05, 4.69) is 33.8 Å². The lowest BCUT2D eigenvalue weighted by Gasteiger charge is -2.67. The van der Waals surface area contributed by atoms with Crippen molar-refractivity contribution in [3.63, 3.8) is 0 Å². The van der Waals surface area contributed by atoms with Crippen LogP contribution in [-0.4, -0.2) is 127 Å². The van der Waals surface area contributed by atoms with Gasteiger partial charge in [0.25, 0.3) is 0 Å². The van der Waals surface area contributed by atoms with E-state index in [0.717, 1.165) is 44.1 Å². The summed E-state index contributed by atoms with van der Waals surface area (Å²) in [6.07, 6.45) is -4.94. The third-order valence-electron chi connectivity index (χ3n) is 16.0. The van der Waals surface area contributed by atoms with Crippen molar-refractivity contribution >= 4 is 0 Å². The van der Waals surface area contributed by atoms with Crippen LogP contribution in [0.3, 0.4) is 0 Å². The molecule has 53 heavy (non-hydrogen) atoms. The van der Waals surface area contributed by atoms with E-state index >= 15 is 0 Å². The Kier molecular flexibility index (Phi) is 12.0. The maximum atomic E-state index is 12.3. The quantitative estimate of drug-likeness (QED) is 0.161. The molecular formula is C41H70O12. The second kappa shape index (κ2) is 15.2. The number of hydrogen-bond acceptors (Lipinski definition) is 12. The summed E-state index contributed by atoms with van der Waals surface area (Å²) < 4.78 is 24.4. The summed E-state index contributed by atoms with van der Waals surface area (Å²) >= 11 is 0. The van der Waals surface area contributed by atoms with Crippen LogP contribution in [0.25, 0.3) is 0 Å². The second-order valence-electron chi connectivity index (χ2n) is 19.4. The molecule has 4 saturated carbocycles. The minimum Gasteiger partial charge on any atom is -0.393 e. The molecule has 0 amide bonds. The standard InChI is InChI=1S/C41H70O12/c1-20(2)10-9-15-41(8,53-37-35(49)33(47)31(45)27(52-37)19-50-36-34(48)32(46)30(44)21(3)51-36)24-14-17-40(7)29(24)26(42)18-25-22-11-12-28(43)38(4,5)23(22)13-16-39(25,40)6/h10,21-37,42-49H,9,11-19H2,1-8H3/t21-,22+,23-,24-,25+,26+,27+,28+,29-,30-,31+,32+,33-,34+,35+,36+,37-,39+,40+,41-/m0/s1. The molecule has 12 nitrogen and oxygen atoms in total. The zero-order chi connectivity index (χ0) is 39.0. The van der Waals surface area contributed by atoms with E-state index in [1.54, 1.807) is 0 Å². The van der Waals surface area contributed by atoms with Crippen molar-refractivity contribution in [1.29, 1.82) is 0 Å². The minimum absolute atomic E-state index is 0.0114. The molecule has 12 heteroatoms. The Bertz CT molecular complexity index is 1310. The molecule has 0 unspecified atom stereocenters. The van der Waals surface area contributed by atoms with Crippen molar-refractivity contribution in [2.24, 2.45) is 45.8 Å². The van der Waals surface area contributed by atoms with Crippen molar-refractivity contribution in [1.82, 2.24) is 0 Å². The average molecular weight is 755 g/mol. The van der Waals surface area contributed by atoms with Gasteiger partial charge < -0.3 is 59.8 Å². The largest absolute Gasteiger partial charge is 0.393 e. The van der Waals surface area contributed by atoms with E-state index in [-0.39, 0.29) is 40.8 Å². The highest BCUT2D eigenvalue weighted by molar-refractivity contribution is 5.18. The highest BCUT2D eigenvalue weighted by atomic mass is 16.7. The third-order valence-corrected chi connectivity index (χ3v) is 16.0. The van der Waals surface area contributed by atoms with E-state index in [9.17, 15) is 40.9 Å². The first-order valence-electron chi connectivity index (χ1n) is 20.4.